The van der Waals surface area contributed by atoms with Gasteiger partial charge in [-0.1, -0.05) is 30.3 Å². The number of rotatable bonds is 6. The Morgan fingerprint density at radius 2 is 2.14 bits per heavy atom. The lowest BCUT2D eigenvalue weighted by Gasteiger charge is -2.23. The van der Waals surface area contributed by atoms with Crippen molar-refractivity contribution in [1.29, 1.82) is 0 Å². The molecule has 0 spiro atoms. The van der Waals surface area contributed by atoms with E-state index in [1.54, 1.807) is 12.3 Å². The van der Waals surface area contributed by atoms with E-state index >= 15 is 0 Å². The summed E-state index contributed by atoms with van der Waals surface area (Å²) in [7, 11) is 0. The number of fused-ring (bicyclic) bond motifs is 1. The smallest absolute Gasteiger partial charge is 0.251 e. The van der Waals surface area contributed by atoms with Crippen LogP contribution in [0.2, 0.25) is 0 Å². The number of aliphatic hydroxyl groups is 1. The van der Waals surface area contributed by atoms with Crippen LogP contribution in [0.5, 0.6) is 5.75 Å². The number of thiazole rings is 1. The minimum Gasteiger partial charge on any atom is -0.490 e. The average molecular weight is 394 g/mol. The highest BCUT2D eigenvalue weighted by Gasteiger charge is 2.27. The highest BCUT2D eigenvalue weighted by Crippen LogP contribution is 2.29. The molecule has 0 saturated carbocycles. The molecule has 6 heteroatoms. The maximum atomic E-state index is 12.9. The fraction of sp³-hybridized carbons (Fsp3) is 0.273. The van der Waals surface area contributed by atoms with E-state index < -0.39 is 12.1 Å². The summed E-state index contributed by atoms with van der Waals surface area (Å²) < 4.78 is 5.71. The van der Waals surface area contributed by atoms with E-state index in [-0.39, 0.29) is 12.0 Å². The highest BCUT2D eigenvalue weighted by atomic mass is 32.1. The number of nitrogens with zero attached hydrogens (tertiary/aromatic N) is 1. The molecule has 0 fully saturated rings. The molecule has 2 heterocycles. The van der Waals surface area contributed by atoms with Gasteiger partial charge >= 0.3 is 0 Å². The summed E-state index contributed by atoms with van der Waals surface area (Å²) in [5.74, 6) is 0.631. The molecule has 1 aliphatic rings. The second kappa shape index (κ2) is 8.12. The first kappa shape index (κ1) is 18.7. The van der Waals surface area contributed by atoms with Gasteiger partial charge in [0, 0.05) is 23.6 Å². The van der Waals surface area contributed by atoms with Gasteiger partial charge in [0.1, 0.15) is 23.0 Å². The maximum Gasteiger partial charge on any atom is 0.251 e. The highest BCUT2D eigenvalue weighted by molar-refractivity contribution is 7.09. The Kier molecular flexibility index (Phi) is 5.41. The van der Waals surface area contributed by atoms with Gasteiger partial charge in [-0.25, -0.2) is 4.98 Å². The van der Waals surface area contributed by atoms with Crippen LogP contribution in [-0.4, -0.2) is 28.1 Å². The lowest BCUT2D eigenvalue weighted by Crippen LogP contribution is -2.41. The molecule has 5 nitrogen and oxygen atoms in total. The third kappa shape index (κ3) is 4.08. The number of aliphatic hydroxyl groups excluding tert-OH is 1. The van der Waals surface area contributed by atoms with Crippen molar-refractivity contribution in [2.45, 2.75) is 38.0 Å². The van der Waals surface area contributed by atoms with Crippen molar-refractivity contribution in [3.05, 3.63) is 81.8 Å². The molecular weight excluding hydrogens is 372 g/mol. The van der Waals surface area contributed by atoms with Gasteiger partial charge in [0.25, 0.3) is 5.91 Å². The summed E-state index contributed by atoms with van der Waals surface area (Å²) in [5, 5.41) is 16.3. The molecule has 144 valence electrons. The molecule has 3 unspecified atom stereocenters. The first-order chi connectivity index (χ1) is 13.6. The Bertz CT molecular complexity index is 944. The lowest BCUT2D eigenvalue weighted by atomic mass is 10.0. The van der Waals surface area contributed by atoms with Gasteiger partial charge in [-0.15, -0.1) is 11.3 Å². The minimum atomic E-state index is -0.873. The van der Waals surface area contributed by atoms with Crippen molar-refractivity contribution < 1.29 is 14.6 Å². The van der Waals surface area contributed by atoms with Crippen molar-refractivity contribution in [3.63, 3.8) is 0 Å². The minimum absolute atomic E-state index is 0.130. The van der Waals surface area contributed by atoms with Crippen LogP contribution in [-0.2, 0) is 12.8 Å². The SMILES string of the molecule is CC1Cc2cc(C(=O)NC(Cc3ccccc3)C(O)c3nccs3)ccc2O1. The van der Waals surface area contributed by atoms with Gasteiger partial charge in [0.05, 0.1) is 6.04 Å². The van der Waals surface area contributed by atoms with Crippen molar-refractivity contribution in [2.24, 2.45) is 0 Å². The fourth-order valence-corrected chi connectivity index (χ4v) is 4.16. The number of hydrogen-bond acceptors (Lipinski definition) is 5. The number of benzene rings is 2. The van der Waals surface area contributed by atoms with Crippen LogP contribution < -0.4 is 10.1 Å². The number of hydrogen-bond donors (Lipinski definition) is 2. The van der Waals surface area contributed by atoms with E-state index in [0.717, 1.165) is 23.3 Å². The summed E-state index contributed by atoms with van der Waals surface area (Å²) in [6.45, 7) is 2.01. The third-order valence-corrected chi connectivity index (χ3v) is 5.70. The Labute approximate surface area is 168 Å². The van der Waals surface area contributed by atoms with Crippen molar-refractivity contribution in [2.75, 3.05) is 0 Å². The van der Waals surface area contributed by atoms with Crippen LogP contribution in [0.3, 0.4) is 0 Å². The molecule has 1 amide bonds. The molecule has 28 heavy (non-hydrogen) atoms. The molecule has 3 aromatic rings. The second-order valence-corrected chi connectivity index (χ2v) is 7.97. The molecule has 0 bridgehead atoms. The molecule has 2 aromatic carbocycles. The first-order valence-electron chi connectivity index (χ1n) is 9.32. The van der Waals surface area contributed by atoms with Crippen LogP contribution in [0.15, 0.2) is 60.1 Å². The van der Waals surface area contributed by atoms with E-state index in [1.807, 2.05) is 54.8 Å². The Balaban J connectivity index is 1.55. The number of carbonyl (C=O) groups excluding carboxylic acids is 1. The third-order valence-electron chi connectivity index (χ3n) is 4.86. The van der Waals surface area contributed by atoms with Crippen LogP contribution >= 0.6 is 11.3 Å². The Morgan fingerprint density at radius 3 is 2.89 bits per heavy atom. The molecule has 1 aromatic heterocycles. The monoisotopic (exact) mass is 394 g/mol. The zero-order valence-corrected chi connectivity index (χ0v) is 16.4. The largest absolute Gasteiger partial charge is 0.490 e. The fourth-order valence-electron chi connectivity index (χ4n) is 3.48. The average Bonchev–Trinajstić information content (AvgIpc) is 3.35. The first-order valence-corrected chi connectivity index (χ1v) is 10.2. The van der Waals surface area contributed by atoms with Crippen LogP contribution in [0.4, 0.5) is 0 Å². The molecule has 3 atom stereocenters. The van der Waals surface area contributed by atoms with Gasteiger partial charge < -0.3 is 15.2 Å². The normalized spacial score (nSPS) is 17.4. The van der Waals surface area contributed by atoms with Crippen molar-refractivity contribution in [3.8, 4) is 5.75 Å². The van der Waals surface area contributed by atoms with E-state index in [1.165, 1.54) is 11.3 Å². The zero-order chi connectivity index (χ0) is 19.5. The predicted octanol–water partition coefficient (Wildman–Crippen LogP) is 3.54. The summed E-state index contributed by atoms with van der Waals surface area (Å²) >= 11 is 1.38. The number of nitrogens with one attached hydrogen (secondary N) is 1. The molecule has 4 rings (SSSR count). The van der Waals surface area contributed by atoms with Crippen molar-refractivity contribution >= 4 is 17.2 Å². The van der Waals surface area contributed by atoms with E-state index in [2.05, 4.69) is 10.3 Å². The van der Waals surface area contributed by atoms with E-state index in [9.17, 15) is 9.90 Å². The van der Waals surface area contributed by atoms with Gasteiger partial charge in [-0.3, -0.25) is 4.79 Å². The number of aromatic nitrogens is 1. The van der Waals surface area contributed by atoms with Crippen LogP contribution in [0.1, 0.15) is 39.5 Å². The molecule has 0 saturated heterocycles. The standard InChI is InChI=1S/C22H22N2O3S/c1-14-11-17-13-16(7-8-19(17)27-14)21(26)24-18(12-15-5-3-2-4-6-15)20(25)22-23-9-10-28-22/h2-10,13-14,18,20,25H,11-12H2,1H3,(H,24,26). The number of amides is 1. The van der Waals surface area contributed by atoms with E-state index in [4.69, 9.17) is 4.74 Å². The van der Waals surface area contributed by atoms with Crippen LogP contribution in [0.25, 0.3) is 0 Å². The molecule has 0 radical (unpaired) electrons. The maximum absolute atomic E-state index is 12.9. The molecule has 1 aliphatic heterocycles. The molecule has 0 aliphatic carbocycles. The summed E-state index contributed by atoms with van der Waals surface area (Å²) in [6, 6.07) is 14.8. The van der Waals surface area contributed by atoms with Gasteiger partial charge in [0.2, 0.25) is 0 Å². The molecular formula is C22H22N2O3S. The number of ether oxygens (including phenoxy) is 1. The van der Waals surface area contributed by atoms with Gasteiger partial charge in [-0.05, 0) is 42.7 Å². The summed E-state index contributed by atoms with van der Waals surface area (Å²) in [4.78, 5) is 17.1. The topological polar surface area (TPSA) is 71.5 Å². The van der Waals surface area contributed by atoms with Gasteiger partial charge in [0.15, 0.2) is 0 Å². The molecule has 2 N–H and O–H groups in total. The van der Waals surface area contributed by atoms with E-state index in [0.29, 0.717) is 17.0 Å². The second-order valence-electron chi connectivity index (χ2n) is 7.04. The lowest BCUT2D eigenvalue weighted by molar-refractivity contribution is 0.0831. The quantitative estimate of drug-likeness (QED) is 0.671. The Morgan fingerprint density at radius 1 is 1.32 bits per heavy atom. The zero-order valence-electron chi connectivity index (χ0n) is 15.5. The predicted molar refractivity (Wildman–Crippen MR) is 109 cm³/mol. The summed E-state index contributed by atoms with van der Waals surface area (Å²) in [5.41, 5.74) is 2.65. The number of carbonyl (C=O) groups is 1. The summed E-state index contributed by atoms with van der Waals surface area (Å²) in [6.07, 6.45) is 2.23. The van der Waals surface area contributed by atoms with Crippen molar-refractivity contribution in [1.82, 2.24) is 10.3 Å². The van der Waals surface area contributed by atoms with Gasteiger partial charge in [-0.2, -0.15) is 0 Å². The van der Waals surface area contributed by atoms with Crippen LogP contribution in [0, 0.1) is 0 Å². The Hall–Kier alpha value is -2.70.